The van der Waals surface area contributed by atoms with Gasteiger partial charge in [-0.2, -0.15) is 13.2 Å². The van der Waals surface area contributed by atoms with E-state index in [0.29, 0.717) is 12.4 Å². The van der Waals surface area contributed by atoms with Crippen molar-refractivity contribution in [2.45, 2.75) is 19.1 Å². The monoisotopic (exact) mass is 345 g/mol. The van der Waals surface area contributed by atoms with Crippen LogP contribution in [-0.2, 0) is 19.1 Å². The number of nitrogens with one attached hydrogen (secondary N) is 1. The van der Waals surface area contributed by atoms with Crippen LogP contribution in [0.5, 0.6) is 0 Å². The highest BCUT2D eigenvalue weighted by Crippen LogP contribution is 2.31. The lowest BCUT2D eigenvalue weighted by Gasteiger charge is -2.18. The average molecular weight is 345 g/mol. The van der Waals surface area contributed by atoms with E-state index in [2.05, 4.69) is 20.9 Å². The maximum Gasteiger partial charge on any atom is 0.416 e. The molecule has 0 bridgehead atoms. The van der Waals surface area contributed by atoms with Gasteiger partial charge in [0, 0.05) is 12.2 Å². The molecule has 7 heteroatoms. The molecule has 4 rings (SSSR count). The Hall–Kier alpha value is -2.83. The standard InChI is InChI=1S/C18H14F3N3O/c19-18(20,21)12-5-6-14-13(9-12)17(25)23-16(22-14)10-24-8-7-11-3-1-2-4-15(11)24/h1-6,9H,7-8,10H2,(H,22,23,25). The molecule has 0 saturated heterocycles. The van der Waals surface area contributed by atoms with Gasteiger partial charge < -0.3 is 9.88 Å². The number of H-pyrrole nitrogens is 1. The predicted molar refractivity (Wildman–Crippen MR) is 88.6 cm³/mol. The summed E-state index contributed by atoms with van der Waals surface area (Å²) in [5.41, 5.74) is 1.18. The summed E-state index contributed by atoms with van der Waals surface area (Å²) < 4.78 is 38.4. The minimum atomic E-state index is -4.49. The number of rotatable bonds is 2. The molecule has 0 saturated carbocycles. The molecule has 0 atom stereocenters. The van der Waals surface area contributed by atoms with Gasteiger partial charge in [-0.05, 0) is 36.2 Å². The third-order valence-electron chi connectivity index (χ3n) is 4.41. The summed E-state index contributed by atoms with van der Waals surface area (Å²) in [6.07, 6.45) is -3.57. The van der Waals surface area contributed by atoms with Crippen LogP contribution < -0.4 is 10.5 Å². The van der Waals surface area contributed by atoms with Crippen LogP contribution in [0.25, 0.3) is 10.9 Å². The normalized spacial score (nSPS) is 14.1. The summed E-state index contributed by atoms with van der Waals surface area (Å²) in [6, 6.07) is 11.0. The molecule has 2 heterocycles. The van der Waals surface area contributed by atoms with Gasteiger partial charge in [0.15, 0.2) is 0 Å². The Morgan fingerprint density at radius 2 is 1.96 bits per heavy atom. The van der Waals surface area contributed by atoms with E-state index in [9.17, 15) is 18.0 Å². The van der Waals surface area contributed by atoms with Crippen molar-refractivity contribution < 1.29 is 13.2 Å². The van der Waals surface area contributed by atoms with Crippen molar-refractivity contribution in [1.29, 1.82) is 0 Å². The van der Waals surface area contributed by atoms with Crippen molar-refractivity contribution in [2.24, 2.45) is 0 Å². The van der Waals surface area contributed by atoms with Gasteiger partial charge in [-0.3, -0.25) is 4.79 Å². The molecule has 25 heavy (non-hydrogen) atoms. The smallest absolute Gasteiger partial charge is 0.364 e. The van der Waals surface area contributed by atoms with Gasteiger partial charge in [0.25, 0.3) is 5.56 Å². The number of aromatic nitrogens is 2. The molecule has 0 fully saturated rings. The van der Waals surface area contributed by atoms with Crippen LogP contribution in [0.15, 0.2) is 47.3 Å². The van der Waals surface area contributed by atoms with E-state index in [4.69, 9.17) is 0 Å². The van der Waals surface area contributed by atoms with Crippen LogP contribution in [-0.4, -0.2) is 16.5 Å². The molecule has 1 aromatic heterocycles. The van der Waals surface area contributed by atoms with Gasteiger partial charge >= 0.3 is 6.18 Å². The zero-order chi connectivity index (χ0) is 17.6. The summed E-state index contributed by atoms with van der Waals surface area (Å²) >= 11 is 0. The Kier molecular flexibility index (Phi) is 3.52. The maximum absolute atomic E-state index is 12.8. The summed E-state index contributed by atoms with van der Waals surface area (Å²) in [5.74, 6) is 0.439. The molecule has 1 aliphatic heterocycles. The Bertz CT molecular complexity index is 1010. The van der Waals surface area contributed by atoms with Crippen molar-refractivity contribution in [3.8, 4) is 0 Å². The number of halogens is 3. The number of fused-ring (bicyclic) bond motifs is 2. The zero-order valence-corrected chi connectivity index (χ0v) is 13.1. The lowest BCUT2D eigenvalue weighted by Crippen LogP contribution is -2.23. The molecular formula is C18H14F3N3O. The van der Waals surface area contributed by atoms with Gasteiger partial charge in [0.2, 0.25) is 0 Å². The third kappa shape index (κ3) is 2.86. The summed E-state index contributed by atoms with van der Waals surface area (Å²) in [6.45, 7) is 1.22. The number of alkyl halides is 3. The SMILES string of the molecule is O=c1[nH]c(CN2CCc3ccccc32)nc2ccc(C(F)(F)F)cc12. The van der Waals surface area contributed by atoms with Crippen LogP contribution in [0.4, 0.5) is 18.9 Å². The molecule has 3 aromatic rings. The Labute approximate surface area is 140 Å². The van der Waals surface area contributed by atoms with E-state index in [1.54, 1.807) is 0 Å². The molecule has 0 aliphatic carbocycles. The molecule has 0 unspecified atom stereocenters. The maximum atomic E-state index is 12.8. The summed E-state index contributed by atoms with van der Waals surface area (Å²) in [7, 11) is 0. The molecule has 1 aliphatic rings. The van der Waals surface area contributed by atoms with E-state index >= 15 is 0 Å². The number of hydrogen-bond acceptors (Lipinski definition) is 3. The minimum Gasteiger partial charge on any atom is -0.364 e. The highest BCUT2D eigenvalue weighted by atomic mass is 19.4. The second kappa shape index (κ2) is 5.61. The molecule has 4 nitrogen and oxygen atoms in total. The summed E-state index contributed by atoms with van der Waals surface area (Å²) in [5, 5.41) is -0.0552. The first kappa shape index (κ1) is 15.7. The van der Waals surface area contributed by atoms with Gasteiger partial charge in [-0.15, -0.1) is 0 Å². The number of hydrogen-bond donors (Lipinski definition) is 1. The fourth-order valence-electron chi connectivity index (χ4n) is 3.19. The van der Waals surface area contributed by atoms with E-state index < -0.39 is 17.3 Å². The van der Waals surface area contributed by atoms with Crippen LogP contribution in [0.3, 0.4) is 0 Å². The Morgan fingerprint density at radius 1 is 1.16 bits per heavy atom. The van der Waals surface area contributed by atoms with E-state index in [0.717, 1.165) is 30.8 Å². The van der Waals surface area contributed by atoms with Gasteiger partial charge in [-0.25, -0.2) is 4.98 Å². The molecule has 1 N–H and O–H groups in total. The number of para-hydroxylation sites is 1. The quantitative estimate of drug-likeness (QED) is 0.773. The average Bonchev–Trinajstić information content (AvgIpc) is 2.97. The lowest BCUT2D eigenvalue weighted by molar-refractivity contribution is -0.137. The number of nitrogens with zero attached hydrogens (tertiary/aromatic N) is 2. The molecule has 0 spiro atoms. The second-order valence-corrected chi connectivity index (χ2v) is 6.04. The first-order chi connectivity index (χ1) is 11.9. The van der Waals surface area contributed by atoms with E-state index in [-0.39, 0.29) is 10.9 Å². The predicted octanol–water partition coefficient (Wildman–Crippen LogP) is 3.50. The largest absolute Gasteiger partial charge is 0.416 e. The van der Waals surface area contributed by atoms with Crippen LogP contribution >= 0.6 is 0 Å². The molecule has 0 amide bonds. The first-order valence-electron chi connectivity index (χ1n) is 7.85. The number of anilines is 1. The van der Waals surface area contributed by atoms with Gasteiger partial charge in [-0.1, -0.05) is 18.2 Å². The van der Waals surface area contributed by atoms with Crippen molar-refractivity contribution in [1.82, 2.24) is 9.97 Å². The van der Waals surface area contributed by atoms with Crippen LogP contribution in [0.1, 0.15) is 17.0 Å². The molecular weight excluding hydrogens is 331 g/mol. The summed E-state index contributed by atoms with van der Waals surface area (Å²) in [4.78, 5) is 21.3. The fraction of sp³-hybridized carbons (Fsp3) is 0.222. The first-order valence-corrected chi connectivity index (χ1v) is 7.85. The van der Waals surface area contributed by atoms with E-state index in [1.165, 1.54) is 11.6 Å². The van der Waals surface area contributed by atoms with Gasteiger partial charge in [0.1, 0.15) is 5.82 Å². The topological polar surface area (TPSA) is 49.0 Å². The van der Waals surface area contributed by atoms with Crippen molar-refractivity contribution in [3.05, 3.63) is 69.8 Å². The zero-order valence-electron chi connectivity index (χ0n) is 13.1. The fourth-order valence-corrected chi connectivity index (χ4v) is 3.19. The highest BCUT2D eigenvalue weighted by Gasteiger charge is 2.31. The number of aromatic amines is 1. The Morgan fingerprint density at radius 3 is 2.76 bits per heavy atom. The van der Waals surface area contributed by atoms with Crippen LogP contribution in [0, 0.1) is 0 Å². The van der Waals surface area contributed by atoms with Gasteiger partial charge in [0.05, 0.1) is 23.0 Å². The third-order valence-corrected chi connectivity index (χ3v) is 4.41. The molecule has 2 aromatic carbocycles. The number of benzene rings is 2. The second-order valence-electron chi connectivity index (χ2n) is 6.04. The lowest BCUT2D eigenvalue weighted by atomic mass is 10.1. The van der Waals surface area contributed by atoms with Crippen molar-refractivity contribution in [3.63, 3.8) is 0 Å². The minimum absolute atomic E-state index is 0.0552. The highest BCUT2D eigenvalue weighted by molar-refractivity contribution is 5.78. The van der Waals surface area contributed by atoms with Crippen molar-refractivity contribution in [2.75, 3.05) is 11.4 Å². The van der Waals surface area contributed by atoms with E-state index in [1.807, 2.05) is 18.2 Å². The van der Waals surface area contributed by atoms with Crippen LogP contribution in [0.2, 0.25) is 0 Å². The molecule has 128 valence electrons. The molecule has 0 radical (unpaired) electrons. The Balaban J connectivity index is 1.69. The van der Waals surface area contributed by atoms with Crippen molar-refractivity contribution >= 4 is 16.6 Å².